The molecule has 0 aromatic heterocycles. The Morgan fingerprint density at radius 2 is 1.88 bits per heavy atom. The van der Waals surface area contributed by atoms with Crippen LogP contribution in [0.3, 0.4) is 0 Å². The van der Waals surface area contributed by atoms with Gasteiger partial charge < -0.3 is 29.9 Å². The Balaban J connectivity index is 1.74. The van der Waals surface area contributed by atoms with E-state index in [4.69, 9.17) is 9.47 Å². The molecule has 0 amide bonds. The third-order valence-electron chi connectivity index (χ3n) is 11.8. The van der Waals surface area contributed by atoms with Crippen LogP contribution in [-0.2, 0) is 23.9 Å². The smallest absolute Gasteiger partial charge is 0.309 e. The van der Waals surface area contributed by atoms with Crippen LogP contribution in [0.2, 0.25) is 0 Å². The molecule has 9 nitrogen and oxygen atoms in total. The summed E-state index contributed by atoms with van der Waals surface area (Å²) < 4.78 is 12.5. The largest absolute Gasteiger partial charge is 0.458 e. The summed E-state index contributed by atoms with van der Waals surface area (Å²) in [7, 11) is 0. The molecule has 12 unspecified atom stereocenters. The summed E-state index contributed by atoms with van der Waals surface area (Å²) in [6.07, 6.45) is 1.09. The monoisotopic (exact) mass is 560 g/mol. The van der Waals surface area contributed by atoms with E-state index in [9.17, 15) is 34.8 Å². The maximum absolute atomic E-state index is 13.4. The number of ether oxygens (including phenoxy) is 2. The third-order valence-corrected chi connectivity index (χ3v) is 11.8. The first kappa shape index (κ1) is 29.6. The van der Waals surface area contributed by atoms with Crippen LogP contribution < -0.4 is 0 Å². The topological polar surface area (TPSA) is 154 Å². The molecule has 0 radical (unpaired) electrons. The average Bonchev–Trinajstić information content (AvgIpc) is 3.75. The Kier molecular flexibility index (Phi) is 6.51. The fourth-order valence-electron chi connectivity index (χ4n) is 9.02. The number of Topliss-reactive ketones (excluding diaryl/α,β-unsaturated/α-hetero) is 2. The van der Waals surface area contributed by atoms with Gasteiger partial charge in [-0.2, -0.15) is 0 Å². The van der Waals surface area contributed by atoms with Gasteiger partial charge in [0, 0.05) is 35.5 Å². The zero-order valence-corrected chi connectivity index (χ0v) is 24.7. The van der Waals surface area contributed by atoms with Crippen molar-refractivity contribution in [1.29, 1.82) is 0 Å². The van der Waals surface area contributed by atoms with Crippen molar-refractivity contribution in [2.45, 2.75) is 103 Å². The Morgan fingerprint density at radius 3 is 2.42 bits per heavy atom. The average molecular weight is 561 g/mol. The van der Waals surface area contributed by atoms with Crippen molar-refractivity contribution in [2.24, 2.45) is 40.9 Å². The molecule has 4 aliphatic carbocycles. The van der Waals surface area contributed by atoms with Crippen LogP contribution in [0.15, 0.2) is 23.3 Å². The van der Waals surface area contributed by atoms with Gasteiger partial charge in [-0.3, -0.25) is 14.4 Å². The SMILES string of the molecule is C/C=C(\C)C(=O)CC1C(C)C2(O)C(C3OC3(CO)C(O)C3(O)C(=O)C(C)=CC32)C2C(C)(C)C12OC(=O)C(C)CC. The lowest BCUT2D eigenvalue weighted by Gasteiger charge is -2.54. The quantitative estimate of drug-likeness (QED) is 0.208. The van der Waals surface area contributed by atoms with Gasteiger partial charge in [0.25, 0.3) is 0 Å². The molecule has 3 saturated carbocycles. The molecule has 12 atom stereocenters. The number of epoxide rings is 1. The standard InChI is InChI=1S/C31H44O9/c1-9-14(3)19(33)12-18-17(6)29(37)20-11-16(5)23(34)30(20,38)26(36)28(13-32)24(39-28)21(29)22-27(7,8)31(18,22)40-25(35)15(4)10-2/h9,11,15,17-18,20-22,24,26,32,36-38H,10,12-13H2,1-8H3/b14-9+. The van der Waals surface area contributed by atoms with Gasteiger partial charge in [0.05, 0.1) is 24.2 Å². The number of carbonyl (C=O) groups is 3. The van der Waals surface area contributed by atoms with E-state index in [1.807, 2.05) is 20.8 Å². The van der Waals surface area contributed by atoms with Crippen LogP contribution in [0.25, 0.3) is 0 Å². The molecule has 1 aliphatic heterocycles. The van der Waals surface area contributed by atoms with E-state index < -0.39 is 88.0 Å². The molecule has 0 bridgehead atoms. The second-order valence-corrected chi connectivity index (χ2v) is 13.7. The number of carbonyl (C=O) groups excluding carboxylic acids is 3. The predicted molar refractivity (Wildman–Crippen MR) is 144 cm³/mol. The van der Waals surface area contributed by atoms with E-state index in [0.717, 1.165) is 0 Å². The van der Waals surface area contributed by atoms with Crippen LogP contribution >= 0.6 is 0 Å². The lowest BCUT2D eigenvalue weighted by molar-refractivity contribution is -0.229. The van der Waals surface area contributed by atoms with Crippen LogP contribution in [0.4, 0.5) is 0 Å². The van der Waals surface area contributed by atoms with Gasteiger partial charge in [-0.25, -0.2) is 0 Å². The summed E-state index contributed by atoms with van der Waals surface area (Å²) >= 11 is 0. The minimum absolute atomic E-state index is 0.0128. The molecule has 5 aliphatic rings. The van der Waals surface area contributed by atoms with E-state index in [0.29, 0.717) is 12.0 Å². The van der Waals surface area contributed by atoms with Crippen LogP contribution in [-0.4, -0.2) is 79.2 Å². The van der Waals surface area contributed by atoms with Crippen molar-refractivity contribution >= 4 is 17.5 Å². The van der Waals surface area contributed by atoms with Crippen molar-refractivity contribution in [3.63, 3.8) is 0 Å². The molecular weight excluding hydrogens is 516 g/mol. The maximum atomic E-state index is 13.4. The van der Waals surface area contributed by atoms with Gasteiger partial charge in [0.15, 0.2) is 17.2 Å². The summed E-state index contributed by atoms with van der Waals surface area (Å²) in [6, 6.07) is 0. The number of esters is 1. The van der Waals surface area contributed by atoms with E-state index in [1.165, 1.54) is 13.0 Å². The number of fused-ring (bicyclic) bond motifs is 7. The zero-order chi connectivity index (χ0) is 30.0. The second-order valence-electron chi connectivity index (χ2n) is 13.7. The maximum Gasteiger partial charge on any atom is 0.309 e. The van der Waals surface area contributed by atoms with E-state index in [1.54, 1.807) is 33.8 Å². The molecule has 0 aromatic rings. The number of rotatable bonds is 7. The molecule has 4 fully saturated rings. The van der Waals surface area contributed by atoms with Crippen LogP contribution in [0.5, 0.6) is 0 Å². The Labute approximate surface area is 235 Å². The molecule has 9 heteroatoms. The highest BCUT2D eigenvalue weighted by molar-refractivity contribution is 6.05. The van der Waals surface area contributed by atoms with E-state index in [-0.39, 0.29) is 23.7 Å². The fourth-order valence-corrected chi connectivity index (χ4v) is 9.02. The molecule has 222 valence electrons. The lowest BCUT2D eigenvalue weighted by Crippen LogP contribution is -2.67. The van der Waals surface area contributed by atoms with Crippen molar-refractivity contribution in [1.82, 2.24) is 0 Å². The second kappa shape index (κ2) is 8.80. The molecular formula is C31H44O9. The van der Waals surface area contributed by atoms with Gasteiger partial charge >= 0.3 is 5.97 Å². The number of aliphatic hydroxyl groups excluding tert-OH is 2. The normalized spacial score (nSPS) is 49.0. The van der Waals surface area contributed by atoms with Gasteiger partial charge in [0.1, 0.15) is 17.3 Å². The Hall–Kier alpha value is -1.91. The van der Waals surface area contributed by atoms with Crippen LogP contribution in [0, 0.1) is 40.9 Å². The Bertz CT molecular complexity index is 1220. The summed E-state index contributed by atoms with van der Waals surface area (Å²) in [5.41, 5.74) is -7.05. The summed E-state index contributed by atoms with van der Waals surface area (Å²) in [6.45, 7) is 13.7. The van der Waals surface area contributed by atoms with Gasteiger partial charge in [-0.15, -0.1) is 0 Å². The minimum Gasteiger partial charge on any atom is -0.458 e. The summed E-state index contributed by atoms with van der Waals surface area (Å²) in [5, 5.41) is 46.9. The van der Waals surface area contributed by atoms with Crippen molar-refractivity contribution in [3.8, 4) is 0 Å². The van der Waals surface area contributed by atoms with E-state index in [2.05, 4.69) is 0 Å². The first-order valence-electron chi connectivity index (χ1n) is 14.5. The molecule has 1 saturated heterocycles. The fraction of sp³-hybridized carbons (Fsp3) is 0.774. The van der Waals surface area contributed by atoms with Gasteiger partial charge in [-0.05, 0) is 44.3 Å². The molecule has 5 rings (SSSR count). The van der Waals surface area contributed by atoms with Crippen molar-refractivity contribution in [2.75, 3.05) is 6.61 Å². The molecule has 0 spiro atoms. The highest BCUT2D eigenvalue weighted by atomic mass is 16.6. The first-order valence-corrected chi connectivity index (χ1v) is 14.5. The number of ketones is 2. The zero-order valence-electron chi connectivity index (χ0n) is 24.7. The predicted octanol–water partition coefficient (Wildman–Crippen LogP) is 1.89. The first-order chi connectivity index (χ1) is 18.5. The summed E-state index contributed by atoms with van der Waals surface area (Å²) in [4.78, 5) is 40.3. The van der Waals surface area contributed by atoms with Crippen molar-refractivity contribution < 1.29 is 44.3 Å². The third kappa shape index (κ3) is 3.19. The lowest BCUT2D eigenvalue weighted by atomic mass is 9.55. The number of hydrogen-bond donors (Lipinski definition) is 4. The summed E-state index contributed by atoms with van der Waals surface area (Å²) in [5.74, 6) is -5.64. The number of hydrogen-bond acceptors (Lipinski definition) is 9. The number of allylic oxidation sites excluding steroid dienone is 2. The van der Waals surface area contributed by atoms with Gasteiger partial charge in [0.2, 0.25) is 0 Å². The number of aliphatic hydroxyl groups is 4. The van der Waals surface area contributed by atoms with Gasteiger partial charge in [-0.1, -0.05) is 46.8 Å². The van der Waals surface area contributed by atoms with E-state index >= 15 is 0 Å². The highest BCUT2D eigenvalue weighted by Gasteiger charge is 2.92. The molecule has 40 heavy (non-hydrogen) atoms. The molecule has 1 heterocycles. The molecule has 4 N–H and O–H groups in total. The molecule has 0 aromatic carbocycles. The highest BCUT2D eigenvalue weighted by Crippen LogP contribution is 2.81. The van der Waals surface area contributed by atoms with Crippen molar-refractivity contribution in [3.05, 3.63) is 23.3 Å². The Morgan fingerprint density at radius 1 is 1.25 bits per heavy atom. The minimum atomic E-state index is -2.43. The van der Waals surface area contributed by atoms with Crippen LogP contribution in [0.1, 0.15) is 68.2 Å².